The van der Waals surface area contributed by atoms with E-state index >= 15 is 0 Å². The molecule has 0 saturated carbocycles. The first kappa shape index (κ1) is 14.0. The summed E-state index contributed by atoms with van der Waals surface area (Å²) in [5.41, 5.74) is 1.48. The zero-order chi connectivity index (χ0) is 14.7. The Labute approximate surface area is 125 Å². The maximum absolute atomic E-state index is 6.11. The number of nitrogens with zero attached hydrogens (tertiary/aromatic N) is 1. The summed E-state index contributed by atoms with van der Waals surface area (Å²) in [7, 11) is 1.67. The molecule has 1 aromatic heterocycles. The van der Waals surface area contributed by atoms with Gasteiger partial charge in [-0.3, -0.25) is 0 Å². The molecule has 0 bridgehead atoms. The van der Waals surface area contributed by atoms with Crippen molar-refractivity contribution < 1.29 is 9.31 Å². The van der Waals surface area contributed by atoms with Gasteiger partial charge in [-0.1, -0.05) is 11.6 Å². The van der Waals surface area contributed by atoms with Crippen molar-refractivity contribution in [3.8, 4) is 0 Å². The Morgan fingerprint density at radius 1 is 1.05 bits per heavy atom. The molecule has 1 aromatic carbocycles. The number of halogens is 1. The van der Waals surface area contributed by atoms with Crippen molar-refractivity contribution in [3.63, 3.8) is 0 Å². The molecule has 0 N–H and O–H groups in total. The van der Waals surface area contributed by atoms with E-state index in [-0.39, 0.29) is 18.3 Å². The average Bonchev–Trinajstić information content (AvgIpc) is 2.74. The minimum Gasteiger partial charge on any atom is -0.398 e. The van der Waals surface area contributed by atoms with Gasteiger partial charge in [0.2, 0.25) is 0 Å². The van der Waals surface area contributed by atoms with Gasteiger partial charge in [-0.2, -0.15) is 0 Å². The number of benzene rings is 1. The van der Waals surface area contributed by atoms with Crippen LogP contribution in [0.4, 0.5) is 0 Å². The second-order valence-electron chi connectivity index (χ2n) is 6.42. The fourth-order valence-electron chi connectivity index (χ4n) is 2.53. The standard InChI is InChI=1S/C15H19BClNO2/c1-14(2)15(3,4)20-16(19-14)13-9-10-8-11(17)6-7-12(10)18(13)5/h6-9H,1-5H3. The highest BCUT2D eigenvalue weighted by atomic mass is 35.5. The largest absolute Gasteiger partial charge is 0.512 e. The van der Waals surface area contributed by atoms with Gasteiger partial charge in [0.15, 0.2) is 0 Å². The lowest BCUT2D eigenvalue weighted by atomic mass is 9.84. The van der Waals surface area contributed by atoms with Gasteiger partial charge in [0.25, 0.3) is 0 Å². The van der Waals surface area contributed by atoms with E-state index in [1.54, 1.807) is 0 Å². The number of hydrogen-bond donors (Lipinski definition) is 0. The third-order valence-electron chi connectivity index (χ3n) is 4.54. The third kappa shape index (κ3) is 1.98. The first-order valence-corrected chi connectivity index (χ1v) is 7.20. The molecular weight excluding hydrogens is 272 g/mol. The summed E-state index contributed by atoms with van der Waals surface area (Å²) >= 11 is 6.06. The molecule has 1 fully saturated rings. The van der Waals surface area contributed by atoms with Crippen molar-refractivity contribution in [1.82, 2.24) is 4.57 Å². The Hall–Kier alpha value is -0.965. The Balaban J connectivity index is 2.06. The molecule has 1 aliphatic rings. The van der Waals surface area contributed by atoms with Gasteiger partial charge in [-0.15, -0.1) is 0 Å². The van der Waals surface area contributed by atoms with Gasteiger partial charge in [-0.05, 0) is 52.0 Å². The fourth-order valence-corrected chi connectivity index (χ4v) is 2.71. The summed E-state index contributed by atoms with van der Waals surface area (Å²) in [6.07, 6.45) is 0. The van der Waals surface area contributed by atoms with E-state index in [0.29, 0.717) is 0 Å². The Bertz CT molecular complexity index is 662. The summed E-state index contributed by atoms with van der Waals surface area (Å²) in [5, 5.41) is 1.84. The molecule has 0 aliphatic carbocycles. The molecule has 5 heteroatoms. The lowest BCUT2D eigenvalue weighted by Crippen LogP contribution is -2.41. The van der Waals surface area contributed by atoms with Crippen LogP contribution in [-0.4, -0.2) is 22.9 Å². The molecule has 20 heavy (non-hydrogen) atoms. The van der Waals surface area contributed by atoms with E-state index in [1.165, 1.54) is 0 Å². The molecule has 0 spiro atoms. The van der Waals surface area contributed by atoms with Crippen LogP contribution in [0.2, 0.25) is 5.02 Å². The fraction of sp³-hybridized carbons (Fsp3) is 0.467. The second-order valence-corrected chi connectivity index (χ2v) is 6.86. The van der Waals surface area contributed by atoms with Crippen molar-refractivity contribution in [2.24, 2.45) is 7.05 Å². The number of aryl methyl sites for hydroxylation is 1. The predicted molar refractivity (Wildman–Crippen MR) is 83.6 cm³/mol. The van der Waals surface area contributed by atoms with Crippen LogP contribution in [0.25, 0.3) is 10.9 Å². The van der Waals surface area contributed by atoms with Crippen LogP contribution in [-0.2, 0) is 16.4 Å². The number of fused-ring (bicyclic) bond motifs is 1. The van der Waals surface area contributed by atoms with Gasteiger partial charge in [0.1, 0.15) is 0 Å². The van der Waals surface area contributed by atoms with Crippen LogP contribution in [0.3, 0.4) is 0 Å². The molecule has 3 nitrogen and oxygen atoms in total. The number of aromatic nitrogens is 1. The quantitative estimate of drug-likeness (QED) is 0.754. The van der Waals surface area contributed by atoms with Crippen molar-refractivity contribution >= 4 is 35.2 Å². The maximum atomic E-state index is 6.11. The lowest BCUT2D eigenvalue weighted by Gasteiger charge is -2.32. The second kappa shape index (κ2) is 4.26. The zero-order valence-electron chi connectivity index (χ0n) is 12.5. The smallest absolute Gasteiger partial charge is 0.398 e. The third-order valence-corrected chi connectivity index (χ3v) is 4.77. The summed E-state index contributed by atoms with van der Waals surface area (Å²) in [4.78, 5) is 0. The normalized spacial score (nSPS) is 20.8. The summed E-state index contributed by atoms with van der Waals surface area (Å²) in [6, 6.07) is 7.97. The zero-order valence-corrected chi connectivity index (χ0v) is 13.3. The summed E-state index contributed by atoms with van der Waals surface area (Å²) < 4.78 is 14.3. The van der Waals surface area contributed by atoms with E-state index in [1.807, 2.05) is 25.2 Å². The van der Waals surface area contributed by atoms with Crippen LogP contribution >= 0.6 is 11.6 Å². The van der Waals surface area contributed by atoms with E-state index in [4.69, 9.17) is 20.9 Å². The van der Waals surface area contributed by atoms with Gasteiger partial charge in [-0.25, -0.2) is 0 Å². The topological polar surface area (TPSA) is 23.4 Å². The highest BCUT2D eigenvalue weighted by Crippen LogP contribution is 2.36. The monoisotopic (exact) mass is 291 g/mol. The molecular formula is C15H19BClNO2. The molecule has 3 rings (SSSR count). The molecule has 2 aromatic rings. The number of rotatable bonds is 1. The van der Waals surface area contributed by atoms with Crippen molar-refractivity contribution in [2.45, 2.75) is 38.9 Å². The van der Waals surface area contributed by atoms with Crippen molar-refractivity contribution in [1.29, 1.82) is 0 Å². The van der Waals surface area contributed by atoms with Crippen LogP contribution in [0.1, 0.15) is 27.7 Å². The Kier molecular flexibility index (Phi) is 2.98. The van der Waals surface area contributed by atoms with Crippen molar-refractivity contribution in [3.05, 3.63) is 29.3 Å². The van der Waals surface area contributed by atoms with E-state index < -0.39 is 0 Å². The predicted octanol–water partition coefficient (Wildman–Crippen LogP) is 3.13. The van der Waals surface area contributed by atoms with Crippen LogP contribution in [0.15, 0.2) is 24.3 Å². The lowest BCUT2D eigenvalue weighted by molar-refractivity contribution is 0.00578. The Morgan fingerprint density at radius 3 is 2.25 bits per heavy atom. The van der Waals surface area contributed by atoms with Gasteiger partial charge in [0, 0.05) is 28.6 Å². The minimum atomic E-state index is -0.351. The molecule has 1 aliphatic heterocycles. The first-order chi connectivity index (χ1) is 9.21. The first-order valence-electron chi connectivity index (χ1n) is 6.82. The summed E-state index contributed by atoms with van der Waals surface area (Å²) in [6.45, 7) is 8.25. The average molecular weight is 292 g/mol. The molecule has 0 amide bonds. The van der Waals surface area contributed by atoms with Gasteiger partial charge < -0.3 is 13.9 Å². The van der Waals surface area contributed by atoms with Crippen LogP contribution < -0.4 is 5.59 Å². The molecule has 1 saturated heterocycles. The van der Waals surface area contributed by atoms with E-state index in [2.05, 4.69) is 38.3 Å². The number of hydrogen-bond acceptors (Lipinski definition) is 2. The van der Waals surface area contributed by atoms with Crippen LogP contribution in [0, 0.1) is 0 Å². The van der Waals surface area contributed by atoms with Crippen LogP contribution in [0.5, 0.6) is 0 Å². The molecule has 0 unspecified atom stereocenters. The SMILES string of the molecule is Cn1c(B2OC(C)(C)C(C)(C)O2)cc2cc(Cl)ccc21. The molecule has 0 atom stereocenters. The highest BCUT2D eigenvalue weighted by molar-refractivity contribution is 6.61. The summed E-state index contributed by atoms with van der Waals surface area (Å²) in [5.74, 6) is 0. The van der Waals surface area contributed by atoms with Gasteiger partial charge >= 0.3 is 7.12 Å². The minimum absolute atomic E-state index is 0.328. The van der Waals surface area contributed by atoms with Crippen molar-refractivity contribution in [2.75, 3.05) is 0 Å². The Morgan fingerprint density at radius 2 is 1.65 bits per heavy atom. The van der Waals surface area contributed by atoms with E-state index in [9.17, 15) is 0 Å². The van der Waals surface area contributed by atoms with E-state index in [0.717, 1.165) is 21.5 Å². The molecule has 2 heterocycles. The molecule has 106 valence electrons. The molecule has 0 radical (unpaired) electrons. The maximum Gasteiger partial charge on any atom is 0.512 e. The highest BCUT2D eigenvalue weighted by Gasteiger charge is 2.52. The van der Waals surface area contributed by atoms with Gasteiger partial charge in [0.05, 0.1) is 11.2 Å².